The van der Waals surface area contributed by atoms with Gasteiger partial charge in [-0.25, -0.2) is 4.79 Å². The molecule has 1 unspecified atom stereocenters. The van der Waals surface area contributed by atoms with Crippen LogP contribution in [0.1, 0.15) is 13.3 Å². The summed E-state index contributed by atoms with van der Waals surface area (Å²) in [6.45, 7) is 4.69. The van der Waals surface area contributed by atoms with E-state index in [1.54, 1.807) is 0 Å². The molecule has 1 N–H and O–H groups in total. The average molecular weight is 193 g/mol. The van der Waals surface area contributed by atoms with Crippen molar-refractivity contribution in [1.29, 1.82) is 0 Å². The van der Waals surface area contributed by atoms with Crippen LogP contribution in [0.15, 0.2) is 12.2 Å². The van der Waals surface area contributed by atoms with Gasteiger partial charge in [-0.05, 0) is 6.92 Å². The maximum absolute atomic E-state index is 10.8. The first kappa shape index (κ1) is 11.0. The molecule has 5 heteroatoms. The predicted molar refractivity (Wildman–Crippen MR) is 42.8 cm³/mol. The number of hydrogen-bond donors (Lipinski definition) is 1. The monoisotopic (exact) mass is 192 g/mol. The number of aliphatic carboxylic acids is 1. The molecule has 0 fully saturated rings. The summed E-state index contributed by atoms with van der Waals surface area (Å²) in [6, 6.07) is 0. The van der Waals surface area contributed by atoms with Gasteiger partial charge in [0.05, 0.1) is 6.42 Å². The van der Waals surface area contributed by atoms with Gasteiger partial charge in [-0.3, -0.25) is 4.79 Å². The number of carbonyl (C=O) groups excluding carboxylic acids is 1. The van der Waals surface area contributed by atoms with Crippen LogP contribution in [0, 0.1) is 0 Å². The highest BCUT2D eigenvalue weighted by atomic mass is 35.5. The van der Waals surface area contributed by atoms with Crippen molar-refractivity contribution in [2.45, 2.75) is 18.9 Å². The Morgan fingerprint density at radius 3 is 2.50 bits per heavy atom. The summed E-state index contributed by atoms with van der Waals surface area (Å²) < 4.78 is 4.48. The van der Waals surface area contributed by atoms with Crippen molar-refractivity contribution in [2.75, 3.05) is 0 Å². The van der Waals surface area contributed by atoms with Crippen molar-refractivity contribution >= 4 is 23.5 Å². The molecule has 0 saturated heterocycles. The fourth-order valence-corrected chi connectivity index (χ4v) is 0.566. The van der Waals surface area contributed by atoms with E-state index in [1.807, 2.05) is 0 Å². The van der Waals surface area contributed by atoms with Crippen molar-refractivity contribution in [2.24, 2.45) is 0 Å². The molecule has 0 aromatic rings. The first-order valence-electron chi connectivity index (χ1n) is 3.18. The van der Waals surface area contributed by atoms with Crippen LogP contribution in [0.4, 0.5) is 0 Å². The number of hydrogen-bond acceptors (Lipinski definition) is 3. The lowest BCUT2D eigenvalue weighted by atomic mass is 10.2. The van der Waals surface area contributed by atoms with E-state index in [-0.39, 0.29) is 5.57 Å². The zero-order valence-electron chi connectivity index (χ0n) is 6.54. The summed E-state index contributed by atoms with van der Waals surface area (Å²) in [7, 11) is 0. The van der Waals surface area contributed by atoms with Crippen LogP contribution in [0.25, 0.3) is 0 Å². The Bertz CT molecular complexity index is 209. The highest BCUT2D eigenvalue weighted by molar-refractivity contribution is 6.20. The molecule has 4 nitrogen and oxygen atoms in total. The molecule has 0 aromatic carbocycles. The second-order valence-electron chi connectivity index (χ2n) is 2.12. The van der Waals surface area contributed by atoms with Gasteiger partial charge in [-0.2, -0.15) is 0 Å². The minimum atomic E-state index is -1.13. The third-order valence-electron chi connectivity index (χ3n) is 0.923. The predicted octanol–water partition coefficient (Wildman–Crippen LogP) is 1.15. The molecule has 68 valence electrons. The fourth-order valence-electron chi connectivity index (χ4n) is 0.486. The second-order valence-corrected chi connectivity index (χ2v) is 2.74. The molecule has 0 rings (SSSR count). The highest BCUT2D eigenvalue weighted by Crippen LogP contribution is 2.05. The topological polar surface area (TPSA) is 63.6 Å². The Kier molecular flexibility index (Phi) is 4.36. The van der Waals surface area contributed by atoms with Gasteiger partial charge < -0.3 is 9.84 Å². The molecule has 0 amide bonds. The van der Waals surface area contributed by atoms with E-state index >= 15 is 0 Å². The van der Waals surface area contributed by atoms with E-state index in [9.17, 15) is 9.59 Å². The van der Waals surface area contributed by atoms with E-state index in [1.165, 1.54) is 6.92 Å². The van der Waals surface area contributed by atoms with Crippen LogP contribution >= 0.6 is 11.6 Å². The number of esters is 1. The van der Waals surface area contributed by atoms with Crippen molar-refractivity contribution in [3.05, 3.63) is 12.2 Å². The Labute approximate surface area is 74.8 Å². The van der Waals surface area contributed by atoms with Crippen LogP contribution in [0.2, 0.25) is 0 Å². The highest BCUT2D eigenvalue weighted by Gasteiger charge is 2.13. The summed E-state index contributed by atoms with van der Waals surface area (Å²) in [6.07, 6.45) is -0.428. The zero-order chi connectivity index (χ0) is 9.72. The van der Waals surface area contributed by atoms with Crippen molar-refractivity contribution < 1.29 is 19.4 Å². The van der Waals surface area contributed by atoms with Gasteiger partial charge in [0, 0.05) is 5.57 Å². The molecular weight excluding hydrogens is 184 g/mol. The van der Waals surface area contributed by atoms with E-state index in [0.717, 1.165) is 0 Å². The molecule has 0 aliphatic carbocycles. The van der Waals surface area contributed by atoms with Gasteiger partial charge >= 0.3 is 11.9 Å². The van der Waals surface area contributed by atoms with Crippen LogP contribution in [-0.4, -0.2) is 22.6 Å². The summed E-state index contributed by atoms with van der Waals surface area (Å²) in [5.41, 5.74) is -0.891. The van der Waals surface area contributed by atoms with E-state index in [0.29, 0.717) is 0 Å². The van der Waals surface area contributed by atoms with Crippen molar-refractivity contribution in [3.63, 3.8) is 0 Å². The van der Waals surface area contributed by atoms with Gasteiger partial charge in [-0.15, -0.1) is 0 Å². The van der Waals surface area contributed by atoms with E-state index in [2.05, 4.69) is 11.3 Å². The largest absolute Gasteiger partial charge is 0.481 e. The van der Waals surface area contributed by atoms with Crippen LogP contribution < -0.4 is 0 Å². The molecule has 0 aliphatic rings. The lowest BCUT2D eigenvalue weighted by Gasteiger charge is -2.06. The average Bonchev–Trinajstić information content (AvgIpc) is 1.84. The van der Waals surface area contributed by atoms with Gasteiger partial charge in [-0.1, -0.05) is 18.2 Å². The van der Waals surface area contributed by atoms with Gasteiger partial charge in [0.25, 0.3) is 0 Å². The summed E-state index contributed by atoms with van der Waals surface area (Å²) in [4.78, 5) is 20.9. The molecule has 0 bridgehead atoms. The minimum absolute atomic E-state index is 0.116. The number of carboxylic acid groups (broad SMARTS) is 1. The number of rotatable bonds is 4. The molecule has 12 heavy (non-hydrogen) atoms. The Balaban J connectivity index is 3.94. The molecular formula is C7H9ClO4. The van der Waals surface area contributed by atoms with E-state index < -0.39 is 23.9 Å². The Morgan fingerprint density at radius 1 is 1.67 bits per heavy atom. The number of ether oxygens (including phenoxy) is 1. The van der Waals surface area contributed by atoms with Gasteiger partial charge in [0.15, 0.2) is 5.56 Å². The van der Waals surface area contributed by atoms with Crippen molar-refractivity contribution in [3.8, 4) is 0 Å². The standard InChI is InChI=1S/C7H9ClO4/c1-4(3-6(9)10)7(11)12-5(2)8/h5H,1,3H2,2H3,(H,9,10). The number of carboxylic acids is 1. The number of halogens is 1. The SMILES string of the molecule is C=C(CC(=O)O)C(=O)OC(C)Cl. The molecule has 0 aliphatic heterocycles. The fraction of sp³-hybridized carbons (Fsp3) is 0.429. The lowest BCUT2D eigenvalue weighted by molar-refractivity contribution is -0.143. The third-order valence-corrected chi connectivity index (χ3v) is 1.01. The quantitative estimate of drug-likeness (QED) is 0.412. The Hall–Kier alpha value is -1.03. The maximum atomic E-state index is 10.8. The lowest BCUT2D eigenvalue weighted by Crippen LogP contribution is -2.13. The second kappa shape index (κ2) is 4.77. The molecule has 0 heterocycles. The first-order chi connectivity index (χ1) is 5.43. The van der Waals surface area contributed by atoms with Crippen LogP contribution in [0.3, 0.4) is 0 Å². The van der Waals surface area contributed by atoms with Crippen LogP contribution in [0.5, 0.6) is 0 Å². The molecule has 0 aromatic heterocycles. The normalized spacial score (nSPS) is 11.8. The molecule has 0 spiro atoms. The van der Waals surface area contributed by atoms with Gasteiger partial charge in [0.2, 0.25) is 0 Å². The van der Waals surface area contributed by atoms with Crippen molar-refractivity contribution in [1.82, 2.24) is 0 Å². The van der Waals surface area contributed by atoms with E-state index in [4.69, 9.17) is 16.7 Å². The maximum Gasteiger partial charge on any atom is 0.335 e. The summed E-state index contributed by atoms with van der Waals surface area (Å²) in [5, 5.41) is 8.27. The zero-order valence-corrected chi connectivity index (χ0v) is 7.30. The third kappa shape index (κ3) is 4.73. The summed E-state index contributed by atoms with van der Waals surface area (Å²) >= 11 is 5.32. The first-order valence-corrected chi connectivity index (χ1v) is 3.61. The Morgan fingerprint density at radius 2 is 2.17 bits per heavy atom. The number of alkyl halides is 1. The molecule has 0 saturated carbocycles. The number of carbonyl (C=O) groups is 2. The molecule has 1 atom stereocenters. The summed E-state index contributed by atoms with van der Waals surface area (Å²) in [5.74, 6) is -1.90. The van der Waals surface area contributed by atoms with Crippen LogP contribution in [-0.2, 0) is 14.3 Å². The molecule has 0 radical (unpaired) electrons. The minimum Gasteiger partial charge on any atom is -0.481 e. The van der Waals surface area contributed by atoms with Gasteiger partial charge in [0.1, 0.15) is 0 Å². The smallest absolute Gasteiger partial charge is 0.335 e.